The molecule has 0 bridgehead atoms. The Kier molecular flexibility index (Phi) is 6.51. The second-order valence-electron chi connectivity index (χ2n) is 4.48. The number of nitrogen functional groups attached to an aromatic ring is 1. The van der Waals surface area contributed by atoms with Crippen molar-refractivity contribution in [1.82, 2.24) is 25.9 Å². The van der Waals surface area contributed by atoms with E-state index >= 15 is 0 Å². The fraction of sp³-hybridized carbons (Fsp3) is 0.417. The minimum absolute atomic E-state index is 0.0287. The molecule has 23 heavy (non-hydrogen) atoms. The summed E-state index contributed by atoms with van der Waals surface area (Å²) >= 11 is 5.98. The molecule has 0 aliphatic carbocycles. The Morgan fingerprint density at radius 1 is 1.30 bits per heavy atom. The van der Waals surface area contributed by atoms with Crippen LogP contribution in [0.25, 0.3) is 0 Å². The van der Waals surface area contributed by atoms with Gasteiger partial charge in [0.1, 0.15) is 0 Å². The SMILES string of the molecule is CCNC(=O)NC(=NC)NC(=O)c1nc(Cl)c(N(C)C)nc1N. The van der Waals surface area contributed by atoms with Crippen molar-refractivity contribution in [3.05, 3.63) is 10.8 Å². The van der Waals surface area contributed by atoms with Crippen LogP contribution >= 0.6 is 11.6 Å². The molecule has 1 heterocycles. The zero-order chi connectivity index (χ0) is 17.6. The Bertz CT molecular complexity index is 632. The molecular weight excluding hydrogens is 324 g/mol. The normalized spacial score (nSPS) is 10.9. The van der Waals surface area contributed by atoms with Gasteiger partial charge in [0.15, 0.2) is 22.5 Å². The molecule has 10 nitrogen and oxygen atoms in total. The number of halogens is 1. The molecule has 126 valence electrons. The van der Waals surface area contributed by atoms with E-state index in [0.29, 0.717) is 12.4 Å². The van der Waals surface area contributed by atoms with Gasteiger partial charge in [-0.15, -0.1) is 0 Å². The summed E-state index contributed by atoms with van der Waals surface area (Å²) in [6.45, 7) is 2.18. The minimum atomic E-state index is -0.695. The first-order valence-electron chi connectivity index (χ1n) is 6.63. The summed E-state index contributed by atoms with van der Waals surface area (Å²) in [7, 11) is 4.83. The lowest BCUT2D eigenvalue weighted by molar-refractivity contribution is 0.0972. The number of aliphatic imine (C=N–C) groups is 1. The molecule has 1 aromatic rings. The molecule has 0 spiro atoms. The van der Waals surface area contributed by atoms with Gasteiger partial charge in [-0.2, -0.15) is 0 Å². The van der Waals surface area contributed by atoms with Crippen LogP contribution in [0.15, 0.2) is 4.99 Å². The highest BCUT2D eigenvalue weighted by Gasteiger charge is 2.19. The van der Waals surface area contributed by atoms with E-state index in [1.165, 1.54) is 7.05 Å². The summed E-state index contributed by atoms with van der Waals surface area (Å²) in [5.41, 5.74) is 5.57. The number of guanidine groups is 1. The number of carbonyl (C=O) groups is 2. The highest BCUT2D eigenvalue weighted by Crippen LogP contribution is 2.22. The number of hydrogen-bond donors (Lipinski definition) is 4. The molecule has 0 aliphatic heterocycles. The van der Waals surface area contributed by atoms with Gasteiger partial charge in [0.25, 0.3) is 5.91 Å². The van der Waals surface area contributed by atoms with E-state index in [9.17, 15) is 9.59 Å². The number of nitrogens with zero attached hydrogens (tertiary/aromatic N) is 4. The van der Waals surface area contributed by atoms with Crippen LogP contribution in [0.1, 0.15) is 17.4 Å². The van der Waals surface area contributed by atoms with E-state index < -0.39 is 11.9 Å². The molecule has 1 aromatic heterocycles. The number of hydrogen-bond acceptors (Lipinski definition) is 7. The van der Waals surface area contributed by atoms with Gasteiger partial charge in [-0.1, -0.05) is 11.6 Å². The van der Waals surface area contributed by atoms with Crippen molar-refractivity contribution in [2.24, 2.45) is 4.99 Å². The molecule has 5 N–H and O–H groups in total. The molecule has 0 saturated carbocycles. The van der Waals surface area contributed by atoms with E-state index in [4.69, 9.17) is 17.3 Å². The molecule has 0 fully saturated rings. The predicted molar refractivity (Wildman–Crippen MR) is 88.8 cm³/mol. The third-order valence-corrected chi connectivity index (χ3v) is 2.78. The summed E-state index contributed by atoms with van der Waals surface area (Å²) in [6.07, 6.45) is 0. The molecule has 3 amide bonds. The zero-order valence-corrected chi connectivity index (χ0v) is 14.0. The first-order chi connectivity index (χ1) is 10.8. The average molecular weight is 343 g/mol. The van der Waals surface area contributed by atoms with Crippen LogP contribution in [0.4, 0.5) is 16.4 Å². The van der Waals surface area contributed by atoms with E-state index in [-0.39, 0.29) is 22.6 Å². The van der Waals surface area contributed by atoms with Crippen molar-refractivity contribution < 1.29 is 9.59 Å². The summed E-state index contributed by atoms with van der Waals surface area (Å²) in [5.74, 6) is -0.510. The highest BCUT2D eigenvalue weighted by atomic mass is 35.5. The lowest BCUT2D eigenvalue weighted by Crippen LogP contribution is -2.48. The number of anilines is 2. The summed E-state index contributed by atoms with van der Waals surface area (Å²) in [4.78, 5) is 37.0. The van der Waals surface area contributed by atoms with Gasteiger partial charge in [0, 0.05) is 27.7 Å². The van der Waals surface area contributed by atoms with Crippen LogP contribution in [-0.2, 0) is 0 Å². The standard InChI is InChI=1S/C12H19ClN8O2/c1-5-16-12(23)20-11(15-2)19-10(22)6-8(14)18-9(21(3)4)7(13)17-6/h5H2,1-4H3,(H2,14,18)(H3,15,16,19,20,22,23). The van der Waals surface area contributed by atoms with Crippen LogP contribution < -0.4 is 26.6 Å². The van der Waals surface area contributed by atoms with Crippen LogP contribution in [0.3, 0.4) is 0 Å². The third-order valence-electron chi connectivity index (χ3n) is 2.53. The van der Waals surface area contributed by atoms with Crippen LogP contribution in [-0.4, -0.2) is 55.6 Å². The van der Waals surface area contributed by atoms with Gasteiger partial charge >= 0.3 is 6.03 Å². The third kappa shape index (κ3) is 4.95. The van der Waals surface area contributed by atoms with E-state index in [2.05, 4.69) is 30.9 Å². The number of nitrogens with two attached hydrogens (primary N) is 1. The fourth-order valence-electron chi connectivity index (χ4n) is 1.49. The molecular formula is C12H19ClN8O2. The fourth-order valence-corrected chi connectivity index (χ4v) is 1.79. The lowest BCUT2D eigenvalue weighted by Gasteiger charge is -2.15. The summed E-state index contributed by atoms with van der Waals surface area (Å²) < 4.78 is 0. The number of carbonyl (C=O) groups excluding carboxylic acids is 2. The Morgan fingerprint density at radius 3 is 2.48 bits per heavy atom. The molecule has 0 unspecified atom stereocenters. The molecule has 11 heteroatoms. The van der Waals surface area contributed by atoms with Gasteiger partial charge in [-0.25, -0.2) is 14.8 Å². The number of urea groups is 1. The van der Waals surface area contributed by atoms with Gasteiger partial charge in [0.05, 0.1) is 0 Å². The van der Waals surface area contributed by atoms with Crippen molar-refractivity contribution in [2.75, 3.05) is 38.3 Å². The quantitative estimate of drug-likeness (QED) is 0.444. The van der Waals surface area contributed by atoms with Crippen molar-refractivity contribution >= 4 is 41.1 Å². The van der Waals surface area contributed by atoms with Crippen molar-refractivity contribution in [3.63, 3.8) is 0 Å². The molecule has 1 rings (SSSR count). The lowest BCUT2D eigenvalue weighted by atomic mass is 10.3. The Balaban J connectivity index is 2.93. The maximum atomic E-state index is 12.2. The zero-order valence-electron chi connectivity index (χ0n) is 13.3. The topological polar surface area (TPSA) is 138 Å². The monoisotopic (exact) mass is 342 g/mol. The van der Waals surface area contributed by atoms with Crippen LogP contribution in [0.2, 0.25) is 5.15 Å². The molecule has 0 radical (unpaired) electrons. The summed E-state index contributed by atoms with van der Waals surface area (Å²) in [6, 6.07) is -0.506. The summed E-state index contributed by atoms with van der Waals surface area (Å²) in [5, 5.41) is 7.27. The molecule has 0 aliphatic rings. The van der Waals surface area contributed by atoms with Crippen molar-refractivity contribution in [2.45, 2.75) is 6.92 Å². The Morgan fingerprint density at radius 2 is 1.96 bits per heavy atom. The van der Waals surface area contributed by atoms with Crippen molar-refractivity contribution in [1.29, 1.82) is 0 Å². The van der Waals surface area contributed by atoms with Crippen molar-refractivity contribution in [3.8, 4) is 0 Å². The van der Waals surface area contributed by atoms with Gasteiger partial charge in [-0.3, -0.25) is 20.4 Å². The maximum absolute atomic E-state index is 12.2. The Labute approximate surface area is 138 Å². The smallest absolute Gasteiger partial charge is 0.321 e. The van der Waals surface area contributed by atoms with Crippen LogP contribution in [0, 0.1) is 0 Å². The second-order valence-corrected chi connectivity index (χ2v) is 4.84. The maximum Gasteiger partial charge on any atom is 0.321 e. The minimum Gasteiger partial charge on any atom is -0.382 e. The number of nitrogens with one attached hydrogen (secondary N) is 3. The second kappa shape index (κ2) is 8.13. The molecule has 0 atom stereocenters. The average Bonchev–Trinajstić information content (AvgIpc) is 2.48. The van der Waals surface area contributed by atoms with E-state index in [0.717, 1.165) is 0 Å². The van der Waals surface area contributed by atoms with E-state index in [1.807, 2.05) is 0 Å². The van der Waals surface area contributed by atoms with Crippen LogP contribution in [0.5, 0.6) is 0 Å². The highest BCUT2D eigenvalue weighted by molar-refractivity contribution is 6.32. The van der Waals surface area contributed by atoms with Gasteiger partial charge < -0.3 is 16.0 Å². The number of rotatable bonds is 3. The molecule has 0 aromatic carbocycles. The van der Waals surface area contributed by atoms with Gasteiger partial charge in [0.2, 0.25) is 5.96 Å². The number of aromatic nitrogens is 2. The van der Waals surface area contributed by atoms with Gasteiger partial charge in [-0.05, 0) is 6.92 Å². The van der Waals surface area contributed by atoms with E-state index in [1.54, 1.807) is 25.9 Å². The first-order valence-corrected chi connectivity index (χ1v) is 7.01. The largest absolute Gasteiger partial charge is 0.382 e. The molecule has 0 saturated heterocycles. The predicted octanol–water partition coefficient (Wildman–Crippen LogP) is -0.187. The first kappa shape index (κ1) is 18.4. The number of amides is 3. The Hall–Kier alpha value is -2.62.